The smallest absolute Gasteiger partial charge is 0.387 e. The molecular formula is C13H19F2NO. The van der Waals surface area contributed by atoms with Crippen molar-refractivity contribution < 1.29 is 13.5 Å². The van der Waals surface area contributed by atoms with Gasteiger partial charge in [-0.1, -0.05) is 32.0 Å². The molecule has 0 radical (unpaired) electrons. The van der Waals surface area contributed by atoms with E-state index in [0.29, 0.717) is 12.3 Å². The molecule has 0 aliphatic heterocycles. The highest BCUT2D eigenvalue weighted by atomic mass is 19.3. The van der Waals surface area contributed by atoms with E-state index < -0.39 is 6.61 Å². The van der Waals surface area contributed by atoms with Crippen molar-refractivity contribution in [3.63, 3.8) is 0 Å². The summed E-state index contributed by atoms with van der Waals surface area (Å²) in [6.07, 6.45) is 1.42. The molecule has 0 amide bonds. The molecule has 0 fully saturated rings. The average Bonchev–Trinajstić information content (AvgIpc) is 2.18. The normalized spacial score (nSPS) is 13.1. The van der Waals surface area contributed by atoms with Crippen molar-refractivity contribution in [3.05, 3.63) is 29.8 Å². The first-order valence-corrected chi connectivity index (χ1v) is 5.77. The molecule has 4 heteroatoms. The molecule has 1 rings (SSSR count). The second-order valence-electron chi connectivity index (χ2n) is 4.58. The molecule has 0 bridgehead atoms. The SMILES string of the molecule is CC(C)CC(N)Cc1ccccc1OC(F)F. The van der Waals surface area contributed by atoms with E-state index in [4.69, 9.17) is 5.73 Å². The fourth-order valence-electron chi connectivity index (χ4n) is 1.85. The molecule has 0 spiro atoms. The predicted octanol–water partition coefficient (Wildman–Crippen LogP) is 3.20. The summed E-state index contributed by atoms with van der Waals surface area (Å²) in [4.78, 5) is 0. The van der Waals surface area contributed by atoms with E-state index in [1.807, 2.05) is 0 Å². The van der Waals surface area contributed by atoms with Crippen molar-refractivity contribution >= 4 is 0 Å². The minimum atomic E-state index is -2.79. The van der Waals surface area contributed by atoms with Gasteiger partial charge in [-0.05, 0) is 30.4 Å². The van der Waals surface area contributed by atoms with Crippen molar-refractivity contribution in [1.82, 2.24) is 0 Å². The van der Waals surface area contributed by atoms with Gasteiger partial charge in [0.05, 0.1) is 0 Å². The van der Waals surface area contributed by atoms with E-state index in [2.05, 4.69) is 18.6 Å². The van der Waals surface area contributed by atoms with Gasteiger partial charge in [0, 0.05) is 6.04 Å². The summed E-state index contributed by atoms with van der Waals surface area (Å²) >= 11 is 0. The first kappa shape index (κ1) is 13.9. The van der Waals surface area contributed by atoms with Crippen molar-refractivity contribution in [1.29, 1.82) is 0 Å². The second-order valence-corrected chi connectivity index (χ2v) is 4.58. The zero-order chi connectivity index (χ0) is 12.8. The van der Waals surface area contributed by atoms with Crippen LogP contribution in [-0.4, -0.2) is 12.7 Å². The molecular weight excluding hydrogens is 224 g/mol. The lowest BCUT2D eigenvalue weighted by Gasteiger charge is -2.16. The van der Waals surface area contributed by atoms with E-state index in [-0.39, 0.29) is 11.8 Å². The molecule has 2 nitrogen and oxygen atoms in total. The van der Waals surface area contributed by atoms with Gasteiger partial charge in [-0.25, -0.2) is 0 Å². The standard InChI is InChI=1S/C13H19F2NO/c1-9(2)7-11(16)8-10-5-3-4-6-12(10)17-13(14)15/h3-6,9,11,13H,7-8,16H2,1-2H3. The summed E-state index contributed by atoms with van der Waals surface area (Å²) in [5.74, 6) is 0.717. The van der Waals surface area contributed by atoms with Crippen molar-refractivity contribution in [2.45, 2.75) is 39.3 Å². The Kier molecular flexibility index (Phi) is 5.35. The molecule has 0 aromatic heterocycles. The number of ether oxygens (including phenoxy) is 1. The van der Waals surface area contributed by atoms with Crippen LogP contribution in [0.25, 0.3) is 0 Å². The Morgan fingerprint density at radius 2 is 1.88 bits per heavy atom. The van der Waals surface area contributed by atoms with Crippen molar-refractivity contribution in [2.75, 3.05) is 0 Å². The van der Waals surface area contributed by atoms with Crippen LogP contribution in [0.3, 0.4) is 0 Å². The summed E-state index contributed by atoms with van der Waals surface area (Å²) in [6.45, 7) is 1.38. The van der Waals surface area contributed by atoms with Gasteiger partial charge in [-0.3, -0.25) is 0 Å². The largest absolute Gasteiger partial charge is 0.435 e. The van der Waals surface area contributed by atoms with Crippen molar-refractivity contribution in [3.8, 4) is 5.75 Å². The molecule has 0 saturated heterocycles. The highest BCUT2D eigenvalue weighted by Gasteiger charge is 2.12. The summed E-state index contributed by atoms with van der Waals surface area (Å²) in [5, 5.41) is 0. The fourth-order valence-corrected chi connectivity index (χ4v) is 1.85. The number of para-hydroxylation sites is 1. The Morgan fingerprint density at radius 1 is 1.24 bits per heavy atom. The minimum absolute atomic E-state index is 0.0302. The molecule has 0 aliphatic carbocycles. The summed E-state index contributed by atoms with van der Waals surface area (Å²) in [7, 11) is 0. The first-order valence-electron chi connectivity index (χ1n) is 5.77. The lowest BCUT2D eigenvalue weighted by atomic mass is 9.97. The maximum absolute atomic E-state index is 12.2. The Hall–Kier alpha value is -1.16. The fraction of sp³-hybridized carbons (Fsp3) is 0.538. The van der Waals surface area contributed by atoms with E-state index in [9.17, 15) is 8.78 Å². The summed E-state index contributed by atoms with van der Waals surface area (Å²) < 4.78 is 28.9. The van der Waals surface area contributed by atoms with Crippen LogP contribution in [0.4, 0.5) is 8.78 Å². The molecule has 1 aromatic carbocycles. The maximum Gasteiger partial charge on any atom is 0.387 e. The maximum atomic E-state index is 12.2. The van der Waals surface area contributed by atoms with Crippen LogP contribution in [0.15, 0.2) is 24.3 Å². The molecule has 96 valence electrons. The molecule has 17 heavy (non-hydrogen) atoms. The predicted molar refractivity (Wildman–Crippen MR) is 64.2 cm³/mol. The molecule has 0 saturated carbocycles. The Morgan fingerprint density at radius 3 is 2.47 bits per heavy atom. The zero-order valence-corrected chi connectivity index (χ0v) is 10.2. The van der Waals surface area contributed by atoms with Crippen LogP contribution < -0.4 is 10.5 Å². The lowest BCUT2D eigenvalue weighted by Crippen LogP contribution is -2.25. The summed E-state index contributed by atoms with van der Waals surface area (Å²) in [5.41, 5.74) is 6.70. The number of benzene rings is 1. The quantitative estimate of drug-likeness (QED) is 0.832. The number of nitrogens with two attached hydrogens (primary N) is 1. The third-order valence-electron chi connectivity index (χ3n) is 2.44. The highest BCUT2D eigenvalue weighted by Crippen LogP contribution is 2.22. The van der Waals surface area contributed by atoms with Crippen molar-refractivity contribution in [2.24, 2.45) is 11.7 Å². The van der Waals surface area contributed by atoms with Gasteiger partial charge in [0.2, 0.25) is 0 Å². The highest BCUT2D eigenvalue weighted by molar-refractivity contribution is 5.33. The van der Waals surface area contributed by atoms with Gasteiger partial charge in [0.1, 0.15) is 5.75 Å². The first-order chi connectivity index (χ1) is 7.99. The van der Waals surface area contributed by atoms with Crippen LogP contribution in [0.2, 0.25) is 0 Å². The van der Waals surface area contributed by atoms with E-state index >= 15 is 0 Å². The molecule has 0 aliphatic rings. The van der Waals surface area contributed by atoms with E-state index in [0.717, 1.165) is 12.0 Å². The molecule has 1 aromatic rings. The topological polar surface area (TPSA) is 35.2 Å². The molecule has 1 atom stereocenters. The van der Waals surface area contributed by atoms with Gasteiger partial charge in [0.25, 0.3) is 0 Å². The molecule has 0 heterocycles. The third-order valence-corrected chi connectivity index (χ3v) is 2.44. The van der Waals surface area contributed by atoms with Crippen LogP contribution in [0.1, 0.15) is 25.8 Å². The van der Waals surface area contributed by atoms with Crippen LogP contribution in [-0.2, 0) is 6.42 Å². The molecule has 2 N–H and O–H groups in total. The van der Waals surface area contributed by atoms with Gasteiger partial charge < -0.3 is 10.5 Å². The van der Waals surface area contributed by atoms with E-state index in [1.165, 1.54) is 0 Å². The lowest BCUT2D eigenvalue weighted by molar-refractivity contribution is -0.0505. The van der Waals surface area contributed by atoms with Gasteiger partial charge in [0.15, 0.2) is 0 Å². The monoisotopic (exact) mass is 243 g/mol. The third kappa shape index (κ3) is 5.13. The summed E-state index contributed by atoms with van der Waals surface area (Å²) in [6, 6.07) is 6.77. The number of alkyl halides is 2. The van der Waals surface area contributed by atoms with Gasteiger partial charge >= 0.3 is 6.61 Å². The molecule has 1 unspecified atom stereocenters. The second kappa shape index (κ2) is 6.55. The number of hydrogen-bond acceptors (Lipinski definition) is 2. The van der Waals surface area contributed by atoms with Crippen LogP contribution in [0.5, 0.6) is 5.75 Å². The van der Waals surface area contributed by atoms with Gasteiger partial charge in [-0.2, -0.15) is 8.78 Å². The number of hydrogen-bond donors (Lipinski definition) is 1. The number of halogens is 2. The van der Waals surface area contributed by atoms with Crippen LogP contribution >= 0.6 is 0 Å². The Balaban J connectivity index is 2.69. The minimum Gasteiger partial charge on any atom is -0.435 e. The Labute approximate surface area is 101 Å². The zero-order valence-electron chi connectivity index (χ0n) is 10.2. The Bertz CT molecular complexity index is 342. The van der Waals surface area contributed by atoms with E-state index in [1.54, 1.807) is 24.3 Å². The van der Waals surface area contributed by atoms with Gasteiger partial charge in [-0.15, -0.1) is 0 Å². The number of rotatable bonds is 6. The van der Waals surface area contributed by atoms with Crippen LogP contribution in [0, 0.1) is 5.92 Å². The average molecular weight is 243 g/mol.